The smallest absolute Gasteiger partial charge is 0.410 e. The minimum absolute atomic E-state index is 0.0302. The minimum Gasteiger partial charge on any atom is -0.410 e. The van der Waals surface area contributed by atoms with Crippen LogP contribution in [0.1, 0.15) is 0 Å². The van der Waals surface area contributed by atoms with E-state index in [0.29, 0.717) is 5.75 Å². The number of halogens is 2. The molecule has 0 amide bonds. The maximum atomic E-state index is 11.6. The predicted molar refractivity (Wildman–Crippen MR) is 60.1 cm³/mol. The highest BCUT2D eigenvalue weighted by molar-refractivity contribution is 6.41. The molecule has 4 nitrogen and oxygen atoms in total. The number of ether oxygens (including phenoxy) is 1. The molecule has 1 aromatic carbocycles. The Morgan fingerprint density at radius 1 is 1.25 bits per heavy atom. The van der Waals surface area contributed by atoms with E-state index >= 15 is 0 Å². The molecule has 1 aromatic heterocycles. The van der Waals surface area contributed by atoms with Crippen LogP contribution in [0.3, 0.4) is 0 Å². The number of aromatic nitrogens is 2. The Balaban J connectivity index is 2.18. The van der Waals surface area contributed by atoms with Gasteiger partial charge in [0.2, 0.25) is 0 Å². The highest BCUT2D eigenvalue weighted by Crippen LogP contribution is 2.20. The summed E-state index contributed by atoms with van der Waals surface area (Å²) in [5, 5.41) is 0.0919. The Bertz CT molecular complexity index is 511. The second-order valence-electron chi connectivity index (χ2n) is 2.88. The van der Waals surface area contributed by atoms with Crippen LogP contribution >= 0.6 is 23.2 Å². The number of imidazole rings is 1. The number of nitrogens with zero attached hydrogens (tertiary/aromatic N) is 2. The van der Waals surface area contributed by atoms with Crippen LogP contribution in [-0.4, -0.2) is 15.6 Å². The van der Waals surface area contributed by atoms with Gasteiger partial charge in [0.05, 0.1) is 0 Å². The fraction of sp³-hybridized carbons (Fsp3) is 0. The highest BCUT2D eigenvalue weighted by atomic mass is 35.5. The zero-order valence-corrected chi connectivity index (χ0v) is 9.44. The first-order chi connectivity index (χ1) is 7.68. The van der Waals surface area contributed by atoms with Crippen molar-refractivity contribution in [1.29, 1.82) is 0 Å². The van der Waals surface area contributed by atoms with E-state index in [1.807, 2.05) is 6.07 Å². The summed E-state index contributed by atoms with van der Waals surface area (Å²) < 4.78 is 6.06. The van der Waals surface area contributed by atoms with Crippen LogP contribution in [0.15, 0.2) is 36.7 Å². The van der Waals surface area contributed by atoms with Crippen molar-refractivity contribution in [2.24, 2.45) is 0 Å². The molecule has 0 N–H and O–H groups in total. The van der Waals surface area contributed by atoms with Gasteiger partial charge in [-0.05, 0) is 12.1 Å². The molecule has 2 rings (SSSR count). The number of rotatable bonds is 1. The molecular formula is C10H6Cl2N2O2. The molecule has 16 heavy (non-hydrogen) atoms. The van der Waals surface area contributed by atoms with Gasteiger partial charge in [-0.3, -0.25) is 0 Å². The van der Waals surface area contributed by atoms with Crippen LogP contribution in [0.2, 0.25) is 10.3 Å². The van der Waals surface area contributed by atoms with Gasteiger partial charge in [0, 0.05) is 0 Å². The summed E-state index contributed by atoms with van der Waals surface area (Å²) >= 11 is 11.3. The minimum atomic E-state index is -0.657. The number of carbonyl (C=O) groups excluding carboxylic acids is 1. The summed E-state index contributed by atoms with van der Waals surface area (Å²) in [6.07, 6.45) is 0.547. The lowest BCUT2D eigenvalue weighted by Gasteiger charge is -2.04. The lowest BCUT2D eigenvalue weighted by atomic mass is 10.3. The zero-order chi connectivity index (χ0) is 11.5. The lowest BCUT2D eigenvalue weighted by Crippen LogP contribution is -2.15. The van der Waals surface area contributed by atoms with Crippen molar-refractivity contribution < 1.29 is 9.53 Å². The molecule has 0 bridgehead atoms. The topological polar surface area (TPSA) is 44.1 Å². The van der Waals surface area contributed by atoms with Crippen molar-refractivity contribution in [1.82, 2.24) is 9.55 Å². The van der Waals surface area contributed by atoms with Gasteiger partial charge in [-0.2, -0.15) is 0 Å². The monoisotopic (exact) mass is 256 g/mol. The van der Waals surface area contributed by atoms with Crippen LogP contribution in [0, 0.1) is 0 Å². The van der Waals surface area contributed by atoms with E-state index in [9.17, 15) is 4.79 Å². The second-order valence-corrected chi connectivity index (χ2v) is 3.59. The van der Waals surface area contributed by atoms with Gasteiger partial charge >= 0.3 is 6.09 Å². The number of benzene rings is 1. The van der Waals surface area contributed by atoms with Crippen LogP contribution in [0.5, 0.6) is 5.75 Å². The molecule has 1 heterocycles. The third-order valence-electron chi connectivity index (χ3n) is 1.81. The van der Waals surface area contributed by atoms with Crippen molar-refractivity contribution in [3.8, 4) is 5.75 Å². The Labute approximate surface area is 101 Å². The summed E-state index contributed by atoms with van der Waals surface area (Å²) in [5.74, 6) is 0.424. The zero-order valence-electron chi connectivity index (χ0n) is 7.93. The first-order valence-corrected chi connectivity index (χ1v) is 5.09. The maximum absolute atomic E-state index is 11.6. The van der Waals surface area contributed by atoms with Crippen molar-refractivity contribution in [3.63, 3.8) is 0 Å². The van der Waals surface area contributed by atoms with Gasteiger partial charge in [-0.1, -0.05) is 41.4 Å². The molecule has 0 fully saturated rings. The number of hydrogen-bond donors (Lipinski definition) is 0. The van der Waals surface area contributed by atoms with E-state index in [1.165, 1.54) is 6.33 Å². The normalized spacial score (nSPS) is 10.1. The van der Waals surface area contributed by atoms with Crippen molar-refractivity contribution >= 4 is 29.3 Å². The quantitative estimate of drug-likeness (QED) is 0.787. The second kappa shape index (κ2) is 4.55. The van der Waals surface area contributed by atoms with Crippen LogP contribution in [0.25, 0.3) is 0 Å². The average Bonchev–Trinajstić information content (AvgIpc) is 2.61. The first kappa shape index (κ1) is 11.0. The molecule has 0 aliphatic rings. The van der Waals surface area contributed by atoms with E-state index in [-0.39, 0.29) is 10.3 Å². The SMILES string of the molecule is O=C(Oc1ccccc1)n1cnc(Cl)c1Cl. The molecular weight excluding hydrogens is 251 g/mol. The van der Waals surface area contributed by atoms with Crippen molar-refractivity contribution in [2.45, 2.75) is 0 Å². The number of carbonyl (C=O) groups is 1. The van der Waals surface area contributed by atoms with Gasteiger partial charge in [0.1, 0.15) is 12.1 Å². The first-order valence-electron chi connectivity index (χ1n) is 4.34. The average molecular weight is 257 g/mol. The Hall–Kier alpha value is -1.52. The molecule has 0 aliphatic carbocycles. The molecule has 0 saturated heterocycles. The third-order valence-corrected chi connectivity index (χ3v) is 2.55. The molecule has 2 aromatic rings. The Morgan fingerprint density at radius 2 is 1.94 bits per heavy atom. The summed E-state index contributed by atoms with van der Waals surface area (Å²) in [6, 6.07) is 8.64. The van der Waals surface area contributed by atoms with Gasteiger partial charge in [-0.15, -0.1) is 0 Å². The number of para-hydroxylation sites is 1. The number of hydrogen-bond acceptors (Lipinski definition) is 3. The van der Waals surface area contributed by atoms with Crippen LogP contribution in [-0.2, 0) is 0 Å². The lowest BCUT2D eigenvalue weighted by molar-refractivity contribution is 0.202. The van der Waals surface area contributed by atoms with Gasteiger partial charge in [0.15, 0.2) is 10.3 Å². The molecule has 6 heteroatoms. The van der Waals surface area contributed by atoms with E-state index in [4.69, 9.17) is 27.9 Å². The Kier molecular flexibility index (Phi) is 3.12. The van der Waals surface area contributed by atoms with Crippen LogP contribution in [0.4, 0.5) is 4.79 Å². The fourth-order valence-corrected chi connectivity index (χ4v) is 1.37. The van der Waals surface area contributed by atoms with Crippen LogP contribution < -0.4 is 4.74 Å². The summed E-state index contributed by atoms with van der Waals surface area (Å²) in [5.41, 5.74) is 0. The molecule has 0 spiro atoms. The van der Waals surface area contributed by atoms with Crippen molar-refractivity contribution in [2.75, 3.05) is 0 Å². The van der Waals surface area contributed by atoms with Gasteiger partial charge in [0.25, 0.3) is 0 Å². The molecule has 0 atom stereocenters. The van der Waals surface area contributed by atoms with Crippen molar-refractivity contribution in [3.05, 3.63) is 47.0 Å². The summed E-state index contributed by atoms with van der Waals surface area (Å²) in [6.45, 7) is 0. The molecule has 0 saturated carbocycles. The van der Waals surface area contributed by atoms with E-state index in [1.54, 1.807) is 24.3 Å². The predicted octanol–water partition coefficient (Wildman–Crippen LogP) is 3.24. The summed E-state index contributed by atoms with van der Waals surface area (Å²) in [4.78, 5) is 15.3. The third kappa shape index (κ3) is 2.18. The van der Waals surface area contributed by atoms with E-state index < -0.39 is 6.09 Å². The largest absolute Gasteiger partial charge is 0.425 e. The molecule has 0 radical (unpaired) electrons. The highest BCUT2D eigenvalue weighted by Gasteiger charge is 2.14. The van der Waals surface area contributed by atoms with E-state index in [0.717, 1.165) is 4.57 Å². The standard InChI is InChI=1S/C10H6Cl2N2O2/c11-8-9(12)14(6-13-8)10(15)16-7-4-2-1-3-5-7/h1-6H. The Morgan fingerprint density at radius 3 is 2.50 bits per heavy atom. The van der Waals surface area contributed by atoms with E-state index in [2.05, 4.69) is 4.98 Å². The fourth-order valence-electron chi connectivity index (χ4n) is 1.08. The summed E-state index contributed by atoms with van der Waals surface area (Å²) in [7, 11) is 0. The molecule has 0 unspecified atom stereocenters. The molecule has 82 valence electrons. The maximum Gasteiger partial charge on any atom is 0.425 e. The van der Waals surface area contributed by atoms with Gasteiger partial charge in [-0.25, -0.2) is 14.3 Å². The molecule has 0 aliphatic heterocycles. The van der Waals surface area contributed by atoms with Gasteiger partial charge < -0.3 is 4.74 Å².